The Kier molecular flexibility index (Phi) is 12.1. The Morgan fingerprint density at radius 1 is 1.26 bits per heavy atom. The van der Waals surface area contributed by atoms with Crippen LogP contribution in [0.1, 0.15) is 32.3 Å². The number of nitrogens with one attached hydrogen (secondary N) is 3. The van der Waals surface area contributed by atoms with Crippen molar-refractivity contribution in [3.05, 3.63) is 28.2 Å². The standard InChI is InChI=1S/C16H25BrN4O.HI/c1-4-9-19-16(18-5-2)20-10-8-15(22)21-14-11-13(17)7-6-12(14)3;/h6-7,11H,4-5,8-10H2,1-3H3,(H,21,22)(H2,18,19,20);1H. The lowest BCUT2D eigenvalue weighted by Crippen LogP contribution is -2.38. The number of nitrogens with zero attached hydrogens (tertiary/aromatic N) is 1. The predicted octanol–water partition coefficient (Wildman–Crippen LogP) is 3.67. The molecule has 23 heavy (non-hydrogen) atoms. The minimum Gasteiger partial charge on any atom is -0.357 e. The Labute approximate surface area is 164 Å². The Bertz CT molecular complexity index is 523. The van der Waals surface area contributed by atoms with Gasteiger partial charge in [-0.05, 0) is 38.0 Å². The van der Waals surface area contributed by atoms with E-state index in [2.05, 4.69) is 43.8 Å². The Balaban J connectivity index is 0.00000484. The number of rotatable bonds is 7. The van der Waals surface area contributed by atoms with E-state index in [-0.39, 0.29) is 29.9 Å². The molecule has 0 spiro atoms. The van der Waals surface area contributed by atoms with Crippen LogP contribution in [0.2, 0.25) is 0 Å². The summed E-state index contributed by atoms with van der Waals surface area (Å²) in [6, 6.07) is 5.84. The second kappa shape index (κ2) is 12.6. The summed E-state index contributed by atoms with van der Waals surface area (Å²) >= 11 is 3.41. The maximum Gasteiger partial charge on any atom is 0.226 e. The first-order valence-corrected chi connectivity index (χ1v) is 8.44. The number of guanidine groups is 1. The fourth-order valence-electron chi connectivity index (χ4n) is 1.80. The molecule has 0 aliphatic heterocycles. The number of aliphatic imine (C=N–C) groups is 1. The van der Waals surface area contributed by atoms with Crippen molar-refractivity contribution in [2.24, 2.45) is 4.99 Å². The van der Waals surface area contributed by atoms with E-state index in [0.717, 1.165) is 41.2 Å². The maximum absolute atomic E-state index is 12.0. The average Bonchev–Trinajstić information content (AvgIpc) is 2.48. The largest absolute Gasteiger partial charge is 0.357 e. The Hall–Kier alpha value is -0.830. The van der Waals surface area contributed by atoms with Crippen LogP contribution in [-0.2, 0) is 4.79 Å². The van der Waals surface area contributed by atoms with Gasteiger partial charge in [-0.3, -0.25) is 9.79 Å². The van der Waals surface area contributed by atoms with Crippen LogP contribution in [0.15, 0.2) is 27.7 Å². The SMILES string of the molecule is CCCN=C(NCC)NCCC(=O)Nc1cc(Br)ccc1C.I. The minimum absolute atomic E-state index is 0. The van der Waals surface area contributed by atoms with Crippen LogP contribution in [-0.4, -0.2) is 31.5 Å². The molecule has 0 saturated heterocycles. The van der Waals surface area contributed by atoms with Gasteiger partial charge in [0.1, 0.15) is 0 Å². The number of carbonyl (C=O) groups excluding carboxylic acids is 1. The van der Waals surface area contributed by atoms with Crippen molar-refractivity contribution in [3.63, 3.8) is 0 Å². The zero-order chi connectivity index (χ0) is 16.4. The predicted molar refractivity (Wildman–Crippen MR) is 112 cm³/mol. The first-order chi connectivity index (χ1) is 10.6. The van der Waals surface area contributed by atoms with Crippen molar-refractivity contribution in [1.29, 1.82) is 0 Å². The summed E-state index contributed by atoms with van der Waals surface area (Å²) in [5.41, 5.74) is 1.88. The summed E-state index contributed by atoms with van der Waals surface area (Å²) in [5.74, 6) is 0.746. The van der Waals surface area contributed by atoms with E-state index in [4.69, 9.17) is 0 Å². The molecule has 0 heterocycles. The lowest BCUT2D eigenvalue weighted by Gasteiger charge is -2.12. The van der Waals surface area contributed by atoms with E-state index in [1.165, 1.54) is 0 Å². The lowest BCUT2D eigenvalue weighted by molar-refractivity contribution is -0.116. The van der Waals surface area contributed by atoms with E-state index in [0.29, 0.717) is 13.0 Å². The molecule has 130 valence electrons. The quantitative estimate of drug-likeness (QED) is 0.306. The molecule has 1 aromatic rings. The number of amides is 1. The highest BCUT2D eigenvalue weighted by molar-refractivity contribution is 14.0. The average molecular weight is 497 g/mol. The number of hydrogen-bond acceptors (Lipinski definition) is 2. The van der Waals surface area contributed by atoms with Crippen molar-refractivity contribution in [3.8, 4) is 0 Å². The fraction of sp³-hybridized carbons (Fsp3) is 0.500. The smallest absolute Gasteiger partial charge is 0.226 e. The number of benzene rings is 1. The lowest BCUT2D eigenvalue weighted by atomic mass is 10.2. The van der Waals surface area contributed by atoms with Gasteiger partial charge in [-0.15, -0.1) is 24.0 Å². The minimum atomic E-state index is -0.0139. The van der Waals surface area contributed by atoms with Crippen molar-refractivity contribution in [2.75, 3.05) is 25.0 Å². The number of hydrogen-bond donors (Lipinski definition) is 3. The molecular weight excluding hydrogens is 471 g/mol. The molecule has 1 amide bonds. The Morgan fingerprint density at radius 3 is 2.65 bits per heavy atom. The molecule has 1 aromatic carbocycles. The first kappa shape index (κ1) is 22.2. The van der Waals surface area contributed by atoms with Gasteiger partial charge in [0.15, 0.2) is 5.96 Å². The van der Waals surface area contributed by atoms with E-state index in [1.807, 2.05) is 32.0 Å². The van der Waals surface area contributed by atoms with Crippen molar-refractivity contribution >= 4 is 57.5 Å². The zero-order valence-corrected chi connectivity index (χ0v) is 17.8. The first-order valence-electron chi connectivity index (χ1n) is 7.65. The third-order valence-corrected chi connectivity index (χ3v) is 3.45. The van der Waals surface area contributed by atoms with Crippen LogP contribution >= 0.6 is 39.9 Å². The molecule has 0 fully saturated rings. The Morgan fingerprint density at radius 2 is 2.00 bits per heavy atom. The van der Waals surface area contributed by atoms with E-state index >= 15 is 0 Å². The monoisotopic (exact) mass is 496 g/mol. The summed E-state index contributed by atoms with van der Waals surface area (Å²) in [7, 11) is 0. The van der Waals surface area contributed by atoms with Gasteiger partial charge >= 0.3 is 0 Å². The summed E-state index contributed by atoms with van der Waals surface area (Å²) in [4.78, 5) is 16.4. The van der Waals surface area contributed by atoms with E-state index < -0.39 is 0 Å². The highest BCUT2D eigenvalue weighted by Crippen LogP contribution is 2.20. The third kappa shape index (κ3) is 9.14. The normalized spacial score (nSPS) is 10.7. The van der Waals surface area contributed by atoms with Gasteiger partial charge in [0.05, 0.1) is 0 Å². The van der Waals surface area contributed by atoms with Crippen LogP contribution in [0.5, 0.6) is 0 Å². The molecule has 1 rings (SSSR count). The summed E-state index contributed by atoms with van der Waals surface area (Å²) < 4.78 is 0.952. The second-order valence-electron chi connectivity index (χ2n) is 4.94. The molecule has 0 bridgehead atoms. The molecule has 0 radical (unpaired) electrons. The van der Waals surface area contributed by atoms with Gasteiger partial charge in [0.25, 0.3) is 0 Å². The molecular formula is C16H26BrIN4O. The zero-order valence-electron chi connectivity index (χ0n) is 13.9. The van der Waals surface area contributed by atoms with Crippen molar-refractivity contribution < 1.29 is 4.79 Å². The third-order valence-electron chi connectivity index (χ3n) is 2.96. The molecule has 0 aliphatic rings. The van der Waals surface area contributed by atoms with Gasteiger partial charge in [-0.25, -0.2) is 0 Å². The topological polar surface area (TPSA) is 65.5 Å². The van der Waals surface area contributed by atoms with Gasteiger partial charge < -0.3 is 16.0 Å². The molecule has 3 N–H and O–H groups in total. The van der Waals surface area contributed by atoms with Crippen LogP contribution in [0.25, 0.3) is 0 Å². The van der Waals surface area contributed by atoms with Gasteiger partial charge in [-0.1, -0.05) is 28.9 Å². The molecule has 0 atom stereocenters. The molecule has 5 nitrogen and oxygen atoms in total. The molecule has 0 aromatic heterocycles. The van der Waals surface area contributed by atoms with E-state index in [1.54, 1.807) is 0 Å². The van der Waals surface area contributed by atoms with Crippen molar-refractivity contribution in [2.45, 2.75) is 33.6 Å². The van der Waals surface area contributed by atoms with Crippen LogP contribution in [0.4, 0.5) is 5.69 Å². The maximum atomic E-state index is 12.0. The van der Waals surface area contributed by atoms with Crippen LogP contribution in [0.3, 0.4) is 0 Å². The molecule has 0 unspecified atom stereocenters. The number of halogens is 2. The van der Waals surface area contributed by atoms with Crippen molar-refractivity contribution in [1.82, 2.24) is 10.6 Å². The fourth-order valence-corrected chi connectivity index (χ4v) is 2.16. The highest BCUT2D eigenvalue weighted by atomic mass is 127. The van der Waals surface area contributed by atoms with Gasteiger partial charge in [0.2, 0.25) is 5.91 Å². The van der Waals surface area contributed by atoms with Crippen LogP contribution in [0, 0.1) is 6.92 Å². The number of carbonyl (C=O) groups is 1. The second-order valence-corrected chi connectivity index (χ2v) is 5.86. The number of aryl methyl sites for hydroxylation is 1. The highest BCUT2D eigenvalue weighted by Gasteiger charge is 2.06. The van der Waals surface area contributed by atoms with Crippen LogP contribution < -0.4 is 16.0 Å². The molecule has 7 heteroatoms. The molecule has 0 aliphatic carbocycles. The van der Waals surface area contributed by atoms with E-state index in [9.17, 15) is 4.79 Å². The summed E-state index contributed by atoms with van der Waals surface area (Å²) in [6.07, 6.45) is 1.39. The summed E-state index contributed by atoms with van der Waals surface area (Å²) in [6.45, 7) is 8.21. The summed E-state index contributed by atoms with van der Waals surface area (Å²) in [5, 5.41) is 9.26. The van der Waals surface area contributed by atoms with Gasteiger partial charge in [0, 0.05) is 36.2 Å². The number of anilines is 1. The molecule has 0 saturated carbocycles. The van der Waals surface area contributed by atoms with Gasteiger partial charge in [-0.2, -0.15) is 0 Å².